The van der Waals surface area contributed by atoms with Gasteiger partial charge in [-0.05, 0) is 50.3 Å². The summed E-state index contributed by atoms with van der Waals surface area (Å²) in [5.74, 6) is 1.76. The van der Waals surface area contributed by atoms with Crippen molar-refractivity contribution in [1.82, 2.24) is 19.0 Å². The number of piperidine rings is 1. The van der Waals surface area contributed by atoms with Crippen LogP contribution in [-0.2, 0) is 30.8 Å². The van der Waals surface area contributed by atoms with Gasteiger partial charge in [0, 0.05) is 43.1 Å². The summed E-state index contributed by atoms with van der Waals surface area (Å²) in [6.07, 6.45) is 9.89. The molecule has 0 spiro atoms. The molecule has 2 N–H and O–H groups in total. The van der Waals surface area contributed by atoms with E-state index in [9.17, 15) is 4.79 Å². The Morgan fingerprint density at radius 3 is 2.87 bits per heavy atom. The second-order valence-electron chi connectivity index (χ2n) is 8.47. The Kier molecular flexibility index (Phi) is 5.21. The van der Waals surface area contributed by atoms with Gasteiger partial charge in [0.1, 0.15) is 24.2 Å². The molecule has 0 radical (unpaired) electrons. The Bertz CT molecular complexity index is 1050. The SMILES string of the molecule is NC(=O)Cn1ccc2c(OC3CCN(Cc4ncc5n4CCCC5)CC3)cccc21. The molecule has 30 heavy (non-hydrogen) atoms. The third-order valence-electron chi connectivity index (χ3n) is 6.38. The highest BCUT2D eigenvalue weighted by atomic mass is 16.5. The molecule has 0 atom stereocenters. The molecule has 0 bridgehead atoms. The van der Waals surface area contributed by atoms with Crippen LogP contribution < -0.4 is 10.5 Å². The van der Waals surface area contributed by atoms with Crippen molar-refractivity contribution in [3.05, 3.63) is 48.2 Å². The fourth-order valence-electron chi connectivity index (χ4n) is 4.80. The number of hydrogen-bond donors (Lipinski definition) is 1. The molecule has 1 saturated heterocycles. The molecule has 0 aliphatic carbocycles. The molecule has 1 aromatic carbocycles. The number of likely N-dealkylation sites (tertiary alicyclic amines) is 1. The minimum absolute atomic E-state index is 0.183. The van der Waals surface area contributed by atoms with E-state index < -0.39 is 0 Å². The molecule has 4 heterocycles. The molecule has 1 fully saturated rings. The van der Waals surface area contributed by atoms with Crippen molar-refractivity contribution in [3.8, 4) is 5.75 Å². The zero-order valence-corrected chi connectivity index (χ0v) is 17.3. The number of aryl methyl sites for hydroxylation is 1. The third-order valence-corrected chi connectivity index (χ3v) is 6.38. The standard InChI is InChI=1S/C23H29N5O2/c24-22(29)15-27-13-9-19-20(27)5-3-6-21(19)30-18-7-11-26(12-8-18)16-23-25-14-17-4-1-2-10-28(17)23/h3,5-6,9,13-14,18H,1-2,4,7-8,10-12,15-16H2,(H2,24,29). The van der Waals surface area contributed by atoms with Crippen molar-refractivity contribution in [1.29, 1.82) is 0 Å². The Labute approximate surface area is 176 Å². The zero-order valence-electron chi connectivity index (χ0n) is 17.3. The highest BCUT2D eigenvalue weighted by molar-refractivity contribution is 5.87. The van der Waals surface area contributed by atoms with Crippen molar-refractivity contribution in [3.63, 3.8) is 0 Å². The summed E-state index contributed by atoms with van der Waals surface area (Å²) in [6.45, 7) is 4.27. The minimum atomic E-state index is -0.343. The summed E-state index contributed by atoms with van der Waals surface area (Å²) < 4.78 is 10.7. The number of amides is 1. The molecule has 3 aromatic rings. The van der Waals surface area contributed by atoms with E-state index >= 15 is 0 Å². The Balaban J connectivity index is 1.21. The van der Waals surface area contributed by atoms with Crippen LogP contribution in [0.4, 0.5) is 0 Å². The minimum Gasteiger partial charge on any atom is -0.490 e. The molecule has 1 amide bonds. The molecule has 2 aromatic heterocycles. The Morgan fingerprint density at radius 2 is 2.03 bits per heavy atom. The lowest BCUT2D eigenvalue weighted by Gasteiger charge is -2.32. The Hall–Kier alpha value is -2.80. The van der Waals surface area contributed by atoms with Crippen molar-refractivity contribution in [2.75, 3.05) is 13.1 Å². The highest BCUT2D eigenvalue weighted by Crippen LogP contribution is 2.29. The van der Waals surface area contributed by atoms with E-state index in [-0.39, 0.29) is 18.6 Å². The number of primary amides is 1. The normalized spacial score (nSPS) is 17.9. The van der Waals surface area contributed by atoms with E-state index in [1.54, 1.807) is 0 Å². The van der Waals surface area contributed by atoms with E-state index in [0.717, 1.165) is 62.1 Å². The second kappa shape index (κ2) is 8.14. The predicted molar refractivity (Wildman–Crippen MR) is 115 cm³/mol. The summed E-state index contributed by atoms with van der Waals surface area (Å²) in [5, 5.41) is 1.03. The van der Waals surface area contributed by atoms with Crippen LogP contribution in [0.2, 0.25) is 0 Å². The van der Waals surface area contributed by atoms with Gasteiger partial charge in [-0.3, -0.25) is 9.69 Å². The number of carbonyl (C=O) groups is 1. The fraction of sp³-hybridized carbons (Fsp3) is 0.478. The van der Waals surface area contributed by atoms with Crippen LogP contribution in [0.1, 0.15) is 37.2 Å². The van der Waals surface area contributed by atoms with E-state index in [0.29, 0.717) is 0 Å². The van der Waals surface area contributed by atoms with Gasteiger partial charge in [0.2, 0.25) is 5.91 Å². The van der Waals surface area contributed by atoms with Crippen molar-refractivity contribution in [2.45, 2.75) is 57.8 Å². The number of carbonyl (C=O) groups excluding carboxylic acids is 1. The summed E-state index contributed by atoms with van der Waals surface area (Å²) in [4.78, 5) is 18.5. The number of aromatic nitrogens is 3. The maximum atomic E-state index is 11.3. The van der Waals surface area contributed by atoms with Gasteiger partial charge in [0.15, 0.2) is 0 Å². The van der Waals surface area contributed by atoms with Gasteiger partial charge >= 0.3 is 0 Å². The average Bonchev–Trinajstić information content (AvgIpc) is 3.34. The van der Waals surface area contributed by atoms with Gasteiger partial charge in [-0.15, -0.1) is 0 Å². The van der Waals surface area contributed by atoms with Crippen LogP contribution >= 0.6 is 0 Å². The molecule has 7 heteroatoms. The number of benzene rings is 1. The third kappa shape index (κ3) is 3.81. The van der Waals surface area contributed by atoms with Crippen LogP contribution in [0.25, 0.3) is 10.9 Å². The molecule has 158 valence electrons. The van der Waals surface area contributed by atoms with Crippen molar-refractivity contribution >= 4 is 16.8 Å². The highest BCUT2D eigenvalue weighted by Gasteiger charge is 2.23. The number of nitrogens with two attached hydrogens (primary N) is 1. The summed E-state index contributed by atoms with van der Waals surface area (Å²) in [7, 11) is 0. The zero-order chi connectivity index (χ0) is 20.5. The van der Waals surface area contributed by atoms with E-state index in [4.69, 9.17) is 15.5 Å². The first-order valence-electron chi connectivity index (χ1n) is 11.0. The van der Waals surface area contributed by atoms with Crippen LogP contribution in [0.5, 0.6) is 5.75 Å². The molecule has 0 unspecified atom stereocenters. The second-order valence-corrected chi connectivity index (χ2v) is 8.47. The topological polar surface area (TPSA) is 78.3 Å². The summed E-state index contributed by atoms with van der Waals surface area (Å²) in [6, 6.07) is 8.00. The maximum absolute atomic E-state index is 11.3. The summed E-state index contributed by atoms with van der Waals surface area (Å²) in [5.41, 5.74) is 7.73. The molecule has 2 aliphatic heterocycles. The van der Waals surface area contributed by atoms with E-state index in [2.05, 4.69) is 15.7 Å². The number of nitrogens with zero attached hydrogens (tertiary/aromatic N) is 4. The number of hydrogen-bond acceptors (Lipinski definition) is 4. The monoisotopic (exact) mass is 407 g/mol. The fourth-order valence-corrected chi connectivity index (χ4v) is 4.80. The molecular formula is C23H29N5O2. The summed E-state index contributed by atoms with van der Waals surface area (Å²) >= 11 is 0. The quantitative estimate of drug-likeness (QED) is 0.681. The van der Waals surface area contributed by atoms with Crippen LogP contribution in [0, 0.1) is 0 Å². The number of rotatable bonds is 6. The van der Waals surface area contributed by atoms with Crippen LogP contribution in [0.3, 0.4) is 0 Å². The first kappa shape index (κ1) is 19.2. The molecule has 0 saturated carbocycles. The molecular weight excluding hydrogens is 378 g/mol. The predicted octanol–water partition coefficient (Wildman–Crippen LogP) is 2.70. The number of ether oxygens (including phenoxy) is 1. The smallest absolute Gasteiger partial charge is 0.237 e. The van der Waals surface area contributed by atoms with Gasteiger partial charge in [-0.2, -0.15) is 0 Å². The lowest BCUT2D eigenvalue weighted by atomic mass is 10.1. The lowest BCUT2D eigenvalue weighted by molar-refractivity contribution is -0.118. The average molecular weight is 408 g/mol. The van der Waals surface area contributed by atoms with Gasteiger partial charge in [0.05, 0.1) is 12.1 Å². The first-order chi connectivity index (χ1) is 14.7. The molecule has 7 nitrogen and oxygen atoms in total. The molecule has 2 aliphatic rings. The number of fused-ring (bicyclic) bond motifs is 2. The molecule has 5 rings (SSSR count). The number of imidazole rings is 1. The van der Waals surface area contributed by atoms with E-state index in [1.807, 2.05) is 35.0 Å². The maximum Gasteiger partial charge on any atom is 0.237 e. The van der Waals surface area contributed by atoms with Crippen molar-refractivity contribution < 1.29 is 9.53 Å². The first-order valence-corrected chi connectivity index (χ1v) is 11.0. The van der Waals surface area contributed by atoms with E-state index in [1.165, 1.54) is 24.4 Å². The lowest BCUT2D eigenvalue weighted by Crippen LogP contribution is -2.38. The van der Waals surface area contributed by atoms with Crippen molar-refractivity contribution in [2.24, 2.45) is 5.73 Å². The van der Waals surface area contributed by atoms with Crippen LogP contribution in [-0.4, -0.2) is 44.1 Å². The van der Waals surface area contributed by atoms with Gasteiger partial charge in [0.25, 0.3) is 0 Å². The Morgan fingerprint density at radius 1 is 1.17 bits per heavy atom. The van der Waals surface area contributed by atoms with Gasteiger partial charge < -0.3 is 19.6 Å². The van der Waals surface area contributed by atoms with Crippen LogP contribution in [0.15, 0.2) is 36.7 Å². The largest absolute Gasteiger partial charge is 0.490 e. The van der Waals surface area contributed by atoms with Gasteiger partial charge in [-0.25, -0.2) is 4.98 Å². The van der Waals surface area contributed by atoms with Gasteiger partial charge in [-0.1, -0.05) is 6.07 Å².